The van der Waals surface area contributed by atoms with Crippen LogP contribution in [0, 0.1) is 22.9 Å². The van der Waals surface area contributed by atoms with Crippen molar-refractivity contribution < 1.29 is 18.8 Å². The first-order chi connectivity index (χ1) is 13.9. The number of pyridine rings is 1. The van der Waals surface area contributed by atoms with Crippen LogP contribution in [0.15, 0.2) is 60.8 Å². The van der Waals surface area contributed by atoms with E-state index in [-0.39, 0.29) is 17.7 Å². The Morgan fingerprint density at radius 1 is 1.17 bits per heavy atom. The van der Waals surface area contributed by atoms with E-state index in [0.717, 1.165) is 23.3 Å². The number of rotatable bonds is 7. The number of nitro benzene ring substituents is 1. The van der Waals surface area contributed by atoms with Gasteiger partial charge in [0.2, 0.25) is 5.88 Å². The second-order valence-corrected chi connectivity index (χ2v) is 6.32. The number of carbonyl (C=O) groups is 1. The van der Waals surface area contributed by atoms with Crippen molar-refractivity contribution in [2.45, 2.75) is 20.1 Å². The van der Waals surface area contributed by atoms with Crippen LogP contribution >= 0.6 is 0 Å². The molecule has 1 aromatic heterocycles. The van der Waals surface area contributed by atoms with Crippen LogP contribution in [-0.2, 0) is 13.2 Å². The van der Waals surface area contributed by atoms with Gasteiger partial charge in [-0.15, -0.1) is 0 Å². The summed E-state index contributed by atoms with van der Waals surface area (Å²) in [5, 5.41) is 13.6. The minimum atomic E-state index is -0.801. The van der Waals surface area contributed by atoms with Crippen LogP contribution in [0.1, 0.15) is 27.0 Å². The number of hydrogen-bond acceptors (Lipinski definition) is 5. The molecule has 8 heteroatoms. The third-order valence-corrected chi connectivity index (χ3v) is 4.26. The van der Waals surface area contributed by atoms with Gasteiger partial charge < -0.3 is 10.1 Å². The van der Waals surface area contributed by atoms with E-state index in [0.29, 0.717) is 12.5 Å². The molecule has 1 N–H and O–H groups in total. The third-order valence-electron chi connectivity index (χ3n) is 4.26. The SMILES string of the molecule is Cc1c(F)cc(C(=O)NCc2ccnc(OCc3ccccc3)c2)cc1[N+](=O)[O-]. The summed E-state index contributed by atoms with van der Waals surface area (Å²) in [6.07, 6.45) is 1.55. The highest BCUT2D eigenvalue weighted by molar-refractivity contribution is 5.95. The van der Waals surface area contributed by atoms with E-state index < -0.39 is 22.3 Å². The molecule has 0 spiro atoms. The molecule has 0 aliphatic heterocycles. The number of amides is 1. The molecule has 29 heavy (non-hydrogen) atoms. The Labute approximate surface area is 166 Å². The first-order valence-corrected chi connectivity index (χ1v) is 8.78. The van der Waals surface area contributed by atoms with Gasteiger partial charge in [0.15, 0.2) is 0 Å². The topological polar surface area (TPSA) is 94.4 Å². The first-order valence-electron chi connectivity index (χ1n) is 8.78. The number of nitrogens with one attached hydrogen (secondary N) is 1. The van der Waals surface area contributed by atoms with Gasteiger partial charge in [-0.25, -0.2) is 9.37 Å². The van der Waals surface area contributed by atoms with E-state index in [4.69, 9.17) is 4.74 Å². The van der Waals surface area contributed by atoms with Crippen molar-refractivity contribution in [3.8, 4) is 5.88 Å². The van der Waals surface area contributed by atoms with Crippen LogP contribution in [0.3, 0.4) is 0 Å². The van der Waals surface area contributed by atoms with E-state index >= 15 is 0 Å². The number of benzene rings is 2. The average molecular weight is 395 g/mol. The lowest BCUT2D eigenvalue weighted by Gasteiger charge is -2.09. The van der Waals surface area contributed by atoms with Gasteiger partial charge >= 0.3 is 0 Å². The van der Waals surface area contributed by atoms with Crippen molar-refractivity contribution in [2.24, 2.45) is 0 Å². The predicted molar refractivity (Wildman–Crippen MR) is 104 cm³/mol. The van der Waals surface area contributed by atoms with Gasteiger partial charge in [-0.3, -0.25) is 14.9 Å². The molecular formula is C21H18FN3O4. The summed E-state index contributed by atoms with van der Waals surface area (Å²) >= 11 is 0. The molecule has 1 heterocycles. The molecular weight excluding hydrogens is 377 g/mol. The van der Waals surface area contributed by atoms with Crippen LogP contribution < -0.4 is 10.1 Å². The summed E-state index contributed by atoms with van der Waals surface area (Å²) < 4.78 is 19.5. The molecule has 0 fully saturated rings. The minimum absolute atomic E-state index is 0.110. The van der Waals surface area contributed by atoms with E-state index in [1.165, 1.54) is 6.92 Å². The van der Waals surface area contributed by atoms with Gasteiger partial charge in [-0.1, -0.05) is 30.3 Å². The summed E-state index contributed by atoms with van der Waals surface area (Å²) in [4.78, 5) is 26.7. The Hall–Kier alpha value is -3.81. The molecule has 0 atom stereocenters. The molecule has 2 aromatic carbocycles. The number of carbonyl (C=O) groups excluding carboxylic acids is 1. The molecule has 0 aliphatic carbocycles. The van der Waals surface area contributed by atoms with E-state index in [9.17, 15) is 19.3 Å². The number of halogens is 1. The lowest BCUT2D eigenvalue weighted by Crippen LogP contribution is -2.23. The van der Waals surface area contributed by atoms with Crippen molar-refractivity contribution in [2.75, 3.05) is 0 Å². The average Bonchev–Trinajstić information content (AvgIpc) is 2.73. The molecule has 0 saturated carbocycles. The Bertz CT molecular complexity index is 1040. The highest BCUT2D eigenvalue weighted by Crippen LogP contribution is 2.23. The van der Waals surface area contributed by atoms with Gasteiger partial charge in [0, 0.05) is 30.4 Å². The molecule has 0 radical (unpaired) electrons. The second-order valence-electron chi connectivity index (χ2n) is 6.32. The quantitative estimate of drug-likeness (QED) is 0.483. The number of nitrogens with zero attached hydrogens (tertiary/aromatic N) is 2. The van der Waals surface area contributed by atoms with Crippen LogP contribution in [-0.4, -0.2) is 15.8 Å². The maximum Gasteiger partial charge on any atom is 0.276 e. The molecule has 1 amide bonds. The maximum atomic E-state index is 13.9. The molecule has 3 rings (SSSR count). The fraction of sp³-hybridized carbons (Fsp3) is 0.143. The maximum absolute atomic E-state index is 13.9. The smallest absolute Gasteiger partial charge is 0.276 e. The summed E-state index contributed by atoms with van der Waals surface area (Å²) in [6, 6.07) is 15.0. The fourth-order valence-electron chi connectivity index (χ4n) is 2.64. The predicted octanol–water partition coefficient (Wildman–Crippen LogP) is 3.95. The normalized spacial score (nSPS) is 10.4. The largest absolute Gasteiger partial charge is 0.473 e. The van der Waals surface area contributed by atoms with Crippen LogP contribution in [0.2, 0.25) is 0 Å². The standard InChI is InChI=1S/C21H18FN3O4/c1-14-18(22)10-17(11-19(14)25(27)28)21(26)24-12-16-7-8-23-20(9-16)29-13-15-5-3-2-4-6-15/h2-11H,12-13H2,1H3,(H,24,26). The number of hydrogen-bond donors (Lipinski definition) is 1. The zero-order chi connectivity index (χ0) is 20.8. The van der Waals surface area contributed by atoms with Gasteiger partial charge in [0.1, 0.15) is 12.4 Å². The summed E-state index contributed by atoms with van der Waals surface area (Å²) in [7, 11) is 0. The van der Waals surface area contributed by atoms with Crippen molar-refractivity contribution in [1.82, 2.24) is 10.3 Å². The summed E-state index contributed by atoms with van der Waals surface area (Å²) in [5.41, 5.74) is 1.06. The monoisotopic (exact) mass is 395 g/mol. The van der Waals surface area contributed by atoms with Crippen LogP contribution in [0.25, 0.3) is 0 Å². The number of ether oxygens (including phenoxy) is 1. The lowest BCUT2D eigenvalue weighted by atomic mass is 10.1. The molecule has 0 saturated heterocycles. The van der Waals surface area contributed by atoms with E-state index in [1.807, 2.05) is 30.3 Å². The molecule has 148 valence electrons. The zero-order valence-corrected chi connectivity index (χ0v) is 15.6. The Morgan fingerprint density at radius 2 is 1.93 bits per heavy atom. The lowest BCUT2D eigenvalue weighted by molar-refractivity contribution is -0.385. The fourth-order valence-corrected chi connectivity index (χ4v) is 2.64. The molecule has 3 aromatic rings. The highest BCUT2D eigenvalue weighted by Gasteiger charge is 2.19. The second kappa shape index (κ2) is 8.92. The summed E-state index contributed by atoms with van der Waals surface area (Å²) in [6.45, 7) is 1.78. The van der Waals surface area contributed by atoms with Gasteiger partial charge in [0.25, 0.3) is 11.6 Å². The number of aromatic nitrogens is 1. The van der Waals surface area contributed by atoms with Crippen molar-refractivity contribution in [1.29, 1.82) is 0 Å². The van der Waals surface area contributed by atoms with Gasteiger partial charge in [-0.2, -0.15) is 0 Å². The van der Waals surface area contributed by atoms with Crippen molar-refractivity contribution >= 4 is 11.6 Å². The van der Waals surface area contributed by atoms with Crippen LogP contribution in [0.5, 0.6) is 5.88 Å². The Morgan fingerprint density at radius 3 is 2.66 bits per heavy atom. The van der Waals surface area contributed by atoms with Crippen LogP contribution in [0.4, 0.5) is 10.1 Å². The number of nitro groups is 1. The summed E-state index contributed by atoms with van der Waals surface area (Å²) in [5.74, 6) is -1.02. The molecule has 7 nitrogen and oxygen atoms in total. The third kappa shape index (κ3) is 5.13. The first kappa shape index (κ1) is 19.9. The minimum Gasteiger partial charge on any atom is -0.473 e. The Kier molecular flexibility index (Phi) is 6.13. The van der Waals surface area contributed by atoms with Gasteiger partial charge in [-0.05, 0) is 30.2 Å². The van der Waals surface area contributed by atoms with Crippen molar-refractivity contribution in [3.63, 3.8) is 0 Å². The van der Waals surface area contributed by atoms with E-state index in [2.05, 4.69) is 10.3 Å². The molecule has 0 unspecified atom stereocenters. The molecule has 0 bridgehead atoms. The zero-order valence-electron chi connectivity index (χ0n) is 15.6. The molecule has 0 aliphatic rings. The van der Waals surface area contributed by atoms with Gasteiger partial charge in [0.05, 0.1) is 10.5 Å². The van der Waals surface area contributed by atoms with Crippen molar-refractivity contribution in [3.05, 3.63) is 99.0 Å². The Balaban J connectivity index is 1.64. The van der Waals surface area contributed by atoms with E-state index in [1.54, 1.807) is 18.3 Å². The highest BCUT2D eigenvalue weighted by atomic mass is 19.1.